The summed E-state index contributed by atoms with van der Waals surface area (Å²) in [6.45, 7) is 5.03. The topological polar surface area (TPSA) is 116 Å². The Labute approximate surface area is 145 Å². The third-order valence-corrected chi connectivity index (χ3v) is 5.49. The molecule has 0 spiro atoms. The molecule has 0 aliphatic rings. The molecule has 0 aliphatic heterocycles. The SMILES string of the molecule is COC(=O)CCSc1ccc(S(=O)(=O)NC(C)(C)C)cc1[N+](=O)[O-]. The summed E-state index contributed by atoms with van der Waals surface area (Å²) in [6.07, 6.45) is 0.101. The molecule has 0 unspecified atom stereocenters. The molecular formula is C14H20N2O6S2. The van der Waals surface area contributed by atoms with Crippen molar-refractivity contribution in [1.82, 2.24) is 4.72 Å². The van der Waals surface area contributed by atoms with Crippen LogP contribution in [0.25, 0.3) is 0 Å². The number of nitrogens with one attached hydrogen (secondary N) is 1. The number of benzene rings is 1. The quantitative estimate of drug-likeness (QED) is 0.336. The van der Waals surface area contributed by atoms with Crippen LogP contribution in [-0.4, -0.2) is 37.7 Å². The van der Waals surface area contributed by atoms with E-state index >= 15 is 0 Å². The molecule has 10 heteroatoms. The van der Waals surface area contributed by atoms with E-state index in [-0.39, 0.29) is 17.0 Å². The van der Waals surface area contributed by atoms with Crippen molar-refractivity contribution < 1.29 is 22.9 Å². The van der Waals surface area contributed by atoms with Gasteiger partial charge in [0.2, 0.25) is 10.0 Å². The van der Waals surface area contributed by atoms with Crippen molar-refractivity contribution >= 4 is 33.4 Å². The van der Waals surface area contributed by atoms with Crippen LogP contribution in [-0.2, 0) is 19.6 Å². The number of carbonyl (C=O) groups is 1. The fraction of sp³-hybridized carbons (Fsp3) is 0.500. The highest BCUT2D eigenvalue weighted by molar-refractivity contribution is 7.99. The monoisotopic (exact) mass is 376 g/mol. The van der Waals surface area contributed by atoms with Gasteiger partial charge in [0.15, 0.2) is 0 Å². The van der Waals surface area contributed by atoms with Crippen LogP contribution in [0, 0.1) is 10.1 Å². The molecule has 0 heterocycles. The summed E-state index contributed by atoms with van der Waals surface area (Å²) in [6, 6.07) is 3.70. The smallest absolute Gasteiger partial charge is 0.306 e. The fourth-order valence-corrected chi connectivity index (χ4v) is 4.11. The van der Waals surface area contributed by atoms with Gasteiger partial charge in [0.05, 0.1) is 28.2 Å². The number of carbonyl (C=O) groups excluding carboxylic acids is 1. The van der Waals surface area contributed by atoms with E-state index in [1.807, 2.05) is 0 Å². The number of rotatable bonds is 7. The molecule has 0 bridgehead atoms. The number of nitro groups is 1. The highest BCUT2D eigenvalue weighted by atomic mass is 32.2. The first-order valence-corrected chi connectivity index (χ1v) is 9.45. The Hall–Kier alpha value is -1.65. The lowest BCUT2D eigenvalue weighted by Gasteiger charge is -2.20. The maximum atomic E-state index is 12.3. The normalized spacial score (nSPS) is 12.0. The van der Waals surface area contributed by atoms with Gasteiger partial charge in [-0.05, 0) is 32.9 Å². The van der Waals surface area contributed by atoms with Crippen LogP contribution in [0.2, 0.25) is 0 Å². The standard InChI is InChI=1S/C14H20N2O6S2/c1-14(2,3)15-24(20,21)10-5-6-12(11(9-10)16(18)19)23-8-7-13(17)22-4/h5-6,9,15H,7-8H2,1-4H3. The van der Waals surface area contributed by atoms with Crippen LogP contribution < -0.4 is 4.72 Å². The van der Waals surface area contributed by atoms with Crippen molar-refractivity contribution in [3.63, 3.8) is 0 Å². The number of methoxy groups -OCH3 is 1. The second kappa shape index (κ2) is 7.95. The van der Waals surface area contributed by atoms with Gasteiger partial charge in [0.1, 0.15) is 0 Å². The number of hydrogen-bond acceptors (Lipinski definition) is 7. The van der Waals surface area contributed by atoms with Crippen molar-refractivity contribution in [2.24, 2.45) is 0 Å². The summed E-state index contributed by atoms with van der Waals surface area (Å²) >= 11 is 1.09. The molecule has 0 atom stereocenters. The first-order valence-electron chi connectivity index (χ1n) is 6.98. The molecule has 1 aromatic rings. The Bertz CT molecular complexity index is 725. The summed E-state index contributed by atoms with van der Waals surface area (Å²) < 4.78 is 31.5. The summed E-state index contributed by atoms with van der Waals surface area (Å²) in [7, 11) is -2.61. The third-order valence-electron chi connectivity index (χ3n) is 2.67. The number of nitro benzene ring substituents is 1. The molecule has 0 aromatic heterocycles. The predicted molar refractivity (Wildman–Crippen MR) is 90.5 cm³/mol. The minimum Gasteiger partial charge on any atom is -0.469 e. The molecule has 1 rings (SSSR count). The largest absolute Gasteiger partial charge is 0.469 e. The van der Waals surface area contributed by atoms with Crippen molar-refractivity contribution in [3.8, 4) is 0 Å². The van der Waals surface area contributed by atoms with E-state index < -0.39 is 26.5 Å². The molecule has 8 nitrogen and oxygen atoms in total. The Morgan fingerprint density at radius 2 is 2.00 bits per heavy atom. The first kappa shape index (κ1) is 20.4. The minimum absolute atomic E-state index is 0.101. The second-order valence-corrected chi connectivity index (χ2v) is 8.74. The molecule has 1 N–H and O–H groups in total. The van der Waals surface area contributed by atoms with Gasteiger partial charge in [-0.3, -0.25) is 14.9 Å². The van der Waals surface area contributed by atoms with E-state index in [1.165, 1.54) is 19.2 Å². The van der Waals surface area contributed by atoms with Crippen LogP contribution in [0.4, 0.5) is 5.69 Å². The van der Waals surface area contributed by atoms with E-state index in [9.17, 15) is 23.3 Å². The van der Waals surface area contributed by atoms with Crippen molar-refractivity contribution in [1.29, 1.82) is 0 Å². The lowest BCUT2D eigenvalue weighted by molar-refractivity contribution is -0.388. The third kappa shape index (κ3) is 6.10. The lowest BCUT2D eigenvalue weighted by Crippen LogP contribution is -2.40. The number of nitrogens with zero attached hydrogens (tertiary/aromatic N) is 1. The average Bonchev–Trinajstić information content (AvgIpc) is 2.44. The summed E-state index contributed by atoms with van der Waals surface area (Å²) in [5.41, 5.74) is -1.02. The zero-order chi connectivity index (χ0) is 18.5. The molecule has 1 aromatic carbocycles. The Morgan fingerprint density at radius 3 is 2.50 bits per heavy atom. The van der Waals surface area contributed by atoms with Crippen LogP contribution in [0.15, 0.2) is 28.0 Å². The summed E-state index contributed by atoms with van der Waals surface area (Å²) in [5.74, 6) is -0.126. The highest BCUT2D eigenvalue weighted by Crippen LogP contribution is 2.32. The van der Waals surface area contributed by atoms with Gasteiger partial charge in [0, 0.05) is 17.4 Å². The first-order chi connectivity index (χ1) is 11.0. The maximum absolute atomic E-state index is 12.3. The molecule has 0 amide bonds. The van der Waals surface area contributed by atoms with E-state index in [0.29, 0.717) is 10.6 Å². The molecule has 0 saturated carbocycles. The van der Waals surface area contributed by atoms with Gasteiger partial charge in [-0.2, -0.15) is 0 Å². The van der Waals surface area contributed by atoms with Crippen molar-refractivity contribution in [2.45, 2.75) is 42.5 Å². The van der Waals surface area contributed by atoms with E-state index in [2.05, 4.69) is 9.46 Å². The highest BCUT2D eigenvalue weighted by Gasteiger charge is 2.25. The molecule has 0 radical (unpaired) electrons. The van der Waals surface area contributed by atoms with Gasteiger partial charge in [-0.25, -0.2) is 13.1 Å². The molecular weight excluding hydrogens is 356 g/mol. The minimum atomic E-state index is -3.87. The Kier molecular flexibility index (Phi) is 6.76. The second-order valence-electron chi connectivity index (χ2n) is 5.92. The molecule has 0 fully saturated rings. The van der Waals surface area contributed by atoms with Crippen molar-refractivity contribution in [2.75, 3.05) is 12.9 Å². The molecule has 0 aliphatic carbocycles. The van der Waals surface area contributed by atoms with E-state index in [4.69, 9.17) is 0 Å². The average molecular weight is 376 g/mol. The van der Waals surface area contributed by atoms with Gasteiger partial charge in [-0.15, -0.1) is 11.8 Å². The van der Waals surface area contributed by atoms with Crippen LogP contribution >= 0.6 is 11.8 Å². The number of hydrogen-bond donors (Lipinski definition) is 1. The van der Waals surface area contributed by atoms with Crippen LogP contribution in [0.1, 0.15) is 27.2 Å². The number of ether oxygens (including phenoxy) is 1. The van der Waals surface area contributed by atoms with E-state index in [0.717, 1.165) is 17.8 Å². The Morgan fingerprint density at radius 1 is 1.38 bits per heavy atom. The fourth-order valence-electron chi connectivity index (χ4n) is 1.74. The number of esters is 1. The van der Waals surface area contributed by atoms with Crippen LogP contribution in [0.5, 0.6) is 0 Å². The van der Waals surface area contributed by atoms with Gasteiger partial charge in [-0.1, -0.05) is 0 Å². The predicted octanol–water partition coefficient (Wildman–Crippen LogP) is 2.33. The van der Waals surface area contributed by atoms with Gasteiger partial charge < -0.3 is 4.74 Å². The Balaban J connectivity index is 3.07. The number of sulfonamides is 1. The zero-order valence-corrected chi connectivity index (χ0v) is 15.5. The summed E-state index contributed by atoms with van der Waals surface area (Å²) in [4.78, 5) is 21.8. The van der Waals surface area contributed by atoms with Crippen LogP contribution in [0.3, 0.4) is 0 Å². The molecule has 24 heavy (non-hydrogen) atoms. The molecule has 0 saturated heterocycles. The van der Waals surface area contributed by atoms with E-state index in [1.54, 1.807) is 20.8 Å². The zero-order valence-electron chi connectivity index (χ0n) is 13.9. The van der Waals surface area contributed by atoms with Gasteiger partial charge in [0.25, 0.3) is 5.69 Å². The summed E-state index contributed by atoms with van der Waals surface area (Å²) in [5, 5.41) is 11.2. The maximum Gasteiger partial charge on any atom is 0.306 e. The van der Waals surface area contributed by atoms with Crippen molar-refractivity contribution in [3.05, 3.63) is 28.3 Å². The lowest BCUT2D eigenvalue weighted by atomic mass is 10.1. The van der Waals surface area contributed by atoms with Gasteiger partial charge >= 0.3 is 5.97 Å². The number of thioether (sulfide) groups is 1. The molecule has 134 valence electrons.